The molecule has 2 saturated carbocycles. The van der Waals surface area contributed by atoms with E-state index in [2.05, 4.69) is 0 Å². The van der Waals surface area contributed by atoms with Gasteiger partial charge in [-0.1, -0.05) is 6.42 Å². The molecule has 2 aliphatic rings. The van der Waals surface area contributed by atoms with Crippen LogP contribution < -0.4 is 0 Å². The monoisotopic (exact) mass is 670 g/mol. The maximum atomic E-state index is 13.0. The zero-order valence-corrected chi connectivity index (χ0v) is 28.2. The van der Waals surface area contributed by atoms with Gasteiger partial charge in [0, 0.05) is 140 Å². The molecule has 0 atom stereocenters. The third-order valence-corrected chi connectivity index (χ3v) is 9.44. The molecule has 0 aromatic heterocycles. The van der Waals surface area contributed by atoms with E-state index in [1.807, 2.05) is 0 Å². The van der Waals surface area contributed by atoms with E-state index in [1.165, 1.54) is 0 Å². The van der Waals surface area contributed by atoms with Gasteiger partial charge in [-0.05, 0) is 19.3 Å². The van der Waals surface area contributed by atoms with Gasteiger partial charge in [-0.3, -0.25) is 52.7 Å². The van der Waals surface area contributed by atoms with E-state index >= 15 is 0 Å². The first-order valence-electron chi connectivity index (χ1n) is 17.5. The Morgan fingerprint density at radius 2 is 0.479 bits per heavy atom. The summed E-state index contributed by atoms with van der Waals surface area (Å²) in [6.45, 7) is 0. The summed E-state index contributed by atoms with van der Waals surface area (Å²) >= 11 is 0. The topological polar surface area (TPSA) is 188 Å². The zero-order chi connectivity index (χ0) is 35.5. The Morgan fingerprint density at radius 1 is 0.250 bits per heavy atom. The Bertz CT molecular complexity index is 1270. The summed E-state index contributed by atoms with van der Waals surface area (Å²) in [4.78, 5) is 136. The normalized spacial score (nSPS) is 23.2. The summed E-state index contributed by atoms with van der Waals surface area (Å²) in [6, 6.07) is 0. The van der Waals surface area contributed by atoms with Crippen molar-refractivity contribution >= 4 is 63.6 Å². The number of hydrogen-bond donors (Lipinski definition) is 0. The Hall–Kier alpha value is -3.63. The lowest BCUT2D eigenvalue weighted by Gasteiger charge is -2.40. The number of hydrogen-bond acceptors (Lipinski definition) is 11. The lowest BCUT2D eigenvalue weighted by Crippen LogP contribution is -2.40. The van der Waals surface area contributed by atoms with E-state index in [1.54, 1.807) is 0 Å². The average Bonchev–Trinajstić information content (AvgIpc) is 3.04. The van der Waals surface area contributed by atoms with Gasteiger partial charge < -0.3 is 0 Å². The van der Waals surface area contributed by atoms with Crippen molar-refractivity contribution in [1.82, 2.24) is 0 Å². The molecular formula is C37H50O11. The van der Waals surface area contributed by atoms with Gasteiger partial charge in [-0.15, -0.1) is 0 Å². The van der Waals surface area contributed by atoms with Gasteiger partial charge >= 0.3 is 0 Å². The van der Waals surface area contributed by atoms with Crippen molar-refractivity contribution in [2.45, 2.75) is 161 Å². The molecule has 0 bridgehead atoms. The first-order chi connectivity index (χ1) is 22.8. The smallest absolute Gasteiger partial charge is 0.139 e. The van der Waals surface area contributed by atoms with Crippen molar-refractivity contribution in [3.05, 3.63) is 0 Å². The number of Topliss-reactive ketones (excluding diaryl/α,β-unsaturated/α-hetero) is 11. The second-order valence-electron chi connectivity index (χ2n) is 13.5. The van der Waals surface area contributed by atoms with E-state index in [-0.39, 0.29) is 198 Å². The van der Waals surface area contributed by atoms with Crippen molar-refractivity contribution in [1.29, 1.82) is 0 Å². The van der Waals surface area contributed by atoms with Crippen LogP contribution in [0.4, 0.5) is 0 Å². The number of carbonyl (C=O) groups is 11. The van der Waals surface area contributed by atoms with Crippen molar-refractivity contribution < 1.29 is 52.7 Å². The number of ketones is 11. The van der Waals surface area contributed by atoms with Gasteiger partial charge in [0.15, 0.2) is 0 Å². The molecule has 2 aliphatic carbocycles. The summed E-state index contributed by atoms with van der Waals surface area (Å²) in [6.07, 6.45) is 1.88. The Labute approximate surface area is 282 Å². The van der Waals surface area contributed by atoms with Crippen LogP contribution in [0.15, 0.2) is 0 Å². The second kappa shape index (κ2) is 21.4. The van der Waals surface area contributed by atoms with Gasteiger partial charge in [-0.2, -0.15) is 0 Å². The fourth-order valence-corrected chi connectivity index (χ4v) is 5.98. The minimum Gasteiger partial charge on any atom is -0.300 e. The predicted octanol–water partition coefficient (Wildman–Crippen LogP) is 5.01. The molecule has 0 N–H and O–H groups in total. The molecule has 11 nitrogen and oxygen atoms in total. The van der Waals surface area contributed by atoms with Crippen LogP contribution in [0, 0.1) is 5.41 Å². The van der Waals surface area contributed by atoms with Gasteiger partial charge in [0.25, 0.3) is 0 Å². The molecule has 0 saturated heterocycles. The molecule has 0 radical (unpaired) electrons. The maximum absolute atomic E-state index is 13.0. The lowest BCUT2D eigenvalue weighted by atomic mass is 9.62. The quantitative estimate of drug-likeness (QED) is 0.337. The molecule has 11 heteroatoms. The molecule has 2 rings (SSSR count). The fourth-order valence-electron chi connectivity index (χ4n) is 5.98. The van der Waals surface area contributed by atoms with E-state index in [0.29, 0.717) is 19.3 Å². The zero-order valence-electron chi connectivity index (χ0n) is 28.2. The highest BCUT2D eigenvalue weighted by atomic mass is 16.2. The van der Waals surface area contributed by atoms with E-state index in [9.17, 15) is 52.7 Å². The highest BCUT2D eigenvalue weighted by Gasteiger charge is 2.44. The molecular weight excluding hydrogens is 620 g/mol. The molecule has 0 unspecified atom stereocenters. The highest BCUT2D eigenvalue weighted by Crippen LogP contribution is 2.46. The fraction of sp³-hybridized carbons (Fsp3) is 0.703. The van der Waals surface area contributed by atoms with Gasteiger partial charge in [0.1, 0.15) is 63.6 Å². The third kappa shape index (κ3) is 16.5. The Balaban J connectivity index is 1.90. The minimum atomic E-state index is -0.797. The number of rotatable bonds is 0. The molecule has 1 spiro atoms. The lowest BCUT2D eigenvalue weighted by molar-refractivity contribution is -0.140. The van der Waals surface area contributed by atoms with Crippen LogP contribution in [0.5, 0.6) is 0 Å². The largest absolute Gasteiger partial charge is 0.300 e. The van der Waals surface area contributed by atoms with Crippen LogP contribution in [0.2, 0.25) is 0 Å². The summed E-state index contributed by atoms with van der Waals surface area (Å²) in [5.41, 5.74) is -0.797. The van der Waals surface area contributed by atoms with Crippen LogP contribution in [0.25, 0.3) is 0 Å². The van der Waals surface area contributed by atoms with Crippen LogP contribution in [0.3, 0.4) is 0 Å². The molecule has 0 amide bonds. The molecule has 0 aromatic carbocycles. The number of carbonyl (C=O) groups excluding carboxylic acids is 11. The minimum absolute atomic E-state index is 0.0105. The summed E-state index contributed by atoms with van der Waals surface area (Å²) in [5.74, 6) is -2.51. The Morgan fingerprint density at radius 3 is 0.729 bits per heavy atom. The first-order valence-corrected chi connectivity index (χ1v) is 17.5. The van der Waals surface area contributed by atoms with Crippen molar-refractivity contribution in [3.63, 3.8) is 0 Å². The van der Waals surface area contributed by atoms with Crippen LogP contribution >= 0.6 is 0 Å². The Kier molecular flexibility index (Phi) is 18.0. The van der Waals surface area contributed by atoms with Crippen molar-refractivity contribution in [2.75, 3.05) is 0 Å². The van der Waals surface area contributed by atoms with Crippen LogP contribution in [0.1, 0.15) is 161 Å². The third-order valence-electron chi connectivity index (χ3n) is 9.44. The van der Waals surface area contributed by atoms with E-state index < -0.39 is 5.41 Å². The van der Waals surface area contributed by atoms with Gasteiger partial charge in [-0.25, -0.2) is 0 Å². The summed E-state index contributed by atoms with van der Waals surface area (Å²) in [5, 5.41) is 0. The highest BCUT2D eigenvalue weighted by molar-refractivity contribution is 5.96. The van der Waals surface area contributed by atoms with E-state index in [0.717, 1.165) is 6.42 Å². The predicted molar refractivity (Wildman–Crippen MR) is 173 cm³/mol. The van der Waals surface area contributed by atoms with Crippen molar-refractivity contribution in [3.8, 4) is 0 Å². The van der Waals surface area contributed by atoms with Crippen LogP contribution in [-0.2, 0) is 52.7 Å². The SMILES string of the molecule is O=C1CCCC(=O)CCC(=O)C2(CCC2)CC(=O)CCC(=O)CCC(=O)CCC(=O)CCC(=O)CCC(=O)CCC(=O)CCC(=O)CC1. The summed E-state index contributed by atoms with van der Waals surface area (Å²) in [7, 11) is 0. The van der Waals surface area contributed by atoms with Crippen molar-refractivity contribution in [2.24, 2.45) is 5.41 Å². The van der Waals surface area contributed by atoms with Crippen LogP contribution in [-0.4, -0.2) is 63.6 Å². The maximum Gasteiger partial charge on any atom is 0.139 e. The summed E-state index contributed by atoms with van der Waals surface area (Å²) < 4.78 is 0. The molecule has 2 fully saturated rings. The average molecular weight is 671 g/mol. The molecule has 48 heavy (non-hydrogen) atoms. The molecule has 264 valence electrons. The van der Waals surface area contributed by atoms with Gasteiger partial charge in [0.05, 0.1) is 0 Å². The molecule has 0 aliphatic heterocycles. The second-order valence-corrected chi connectivity index (χ2v) is 13.5. The standard InChI is InChI=1S/C37H50O11/c38-26-3-1-4-27(39)21-22-36(48)37(23-2-24-37)25-35(47)20-19-34(46)18-17-33(45)16-15-32(44)14-13-31(43)12-11-30(42)10-9-29(41)8-7-28(40)6-5-26/h1-25H2. The molecule has 0 heterocycles. The van der Waals surface area contributed by atoms with E-state index in [4.69, 9.17) is 0 Å². The molecule has 0 aromatic rings. The first kappa shape index (κ1) is 40.5. The van der Waals surface area contributed by atoms with Gasteiger partial charge in [0.2, 0.25) is 0 Å².